The molecule has 0 heterocycles. The van der Waals surface area contributed by atoms with Crippen molar-refractivity contribution < 1.29 is 26.3 Å². The lowest BCUT2D eigenvalue weighted by Crippen LogP contribution is -2.38. The van der Waals surface area contributed by atoms with Crippen molar-refractivity contribution >= 4 is 25.7 Å². The quantitative estimate of drug-likeness (QED) is 0.679. The lowest BCUT2D eigenvalue weighted by molar-refractivity contribution is 0.395. The highest BCUT2D eigenvalue weighted by molar-refractivity contribution is 7.92. The molecule has 132 valence electrons. The number of methoxy groups -OCH3 is 2. The van der Waals surface area contributed by atoms with Gasteiger partial charge in [-0.15, -0.1) is 0 Å². The summed E-state index contributed by atoms with van der Waals surface area (Å²) >= 11 is 0. The summed E-state index contributed by atoms with van der Waals surface area (Å²) in [6, 6.07) is 4.71. The minimum atomic E-state index is -3.62. The molecule has 1 aromatic carbocycles. The zero-order valence-electron chi connectivity index (χ0n) is 13.6. The third-order valence-corrected chi connectivity index (χ3v) is 5.66. The molecule has 0 aliphatic carbocycles. The average Bonchev–Trinajstić information content (AvgIpc) is 2.50. The zero-order chi connectivity index (χ0) is 17.7. The Morgan fingerprint density at radius 3 is 2.26 bits per heavy atom. The number of ether oxygens (including phenoxy) is 2. The molecule has 1 aromatic rings. The van der Waals surface area contributed by atoms with Crippen LogP contribution >= 0.6 is 0 Å². The number of benzene rings is 1. The topological polar surface area (TPSA) is 102 Å². The third kappa shape index (κ3) is 5.56. The van der Waals surface area contributed by atoms with Crippen molar-refractivity contribution in [2.75, 3.05) is 43.6 Å². The molecule has 1 N–H and O–H groups in total. The normalized spacial score (nSPS) is 12.0. The van der Waals surface area contributed by atoms with Crippen LogP contribution in [0.15, 0.2) is 18.2 Å². The predicted octanol–water partition coefficient (Wildman–Crippen LogP) is 0.409. The molecule has 0 bridgehead atoms. The van der Waals surface area contributed by atoms with Crippen LogP contribution in [0.2, 0.25) is 0 Å². The highest BCUT2D eigenvalue weighted by Crippen LogP contribution is 2.33. The predicted molar refractivity (Wildman–Crippen MR) is 89.2 cm³/mol. The molecule has 0 aliphatic heterocycles. The van der Waals surface area contributed by atoms with Gasteiger partial charge in [-0.3, -0.25) is 4.31 Å². The van der Waals surface area contributed by atoms with E-state index < -0.39 is 20.0 Å². The maximum absolute atomic E-state index is 12.0. The van der Waals surface area contributed by atoms with Gasteiger partial charge in [0.25, 0.3) is 0 Å². The molecule has 0 unspecified atom stereocenters. The SMILES string of the molecule is CCS(=O)(=O)NCCN(c1ccc(OC)cc1OC)S(C)(=O)=O. The molecule has 0 aromatic heterocycles. The van der Waals surface area contributed by atoms with Crippen LogP contribution in [-0.2, 0) is 20.0 Å². The van der Waals surface area contributed by atoms with Gasteiger partial charge in [-0.2, -0.15) is 0 Å². The van der Waals surface area contributed by atoms with E-state index >= 15 is 0 Å². The van der Waals surface area contributed by atoms with Gasteiger partial charge in [0, 0.05) is 19.2 Å². The molecule has 0 saturated carbocycles. The molecule has 23 heavy (non-hydrogen) atoms. The smallest absolute Gasteiger partial charge is 0.232 e. The molecular formula is C13H22N2O6S2. The van der Waals surface area contributed by atoms with Crippen LogP contribution in [0, 0.1) is 0 Å². The van der Waals surface area contributed by atoms with Crippen LogP contribution in [0.5, 0.6) is 11.5 Å². The van der Waals surface area contributed by atoms with Crippen molar-refractivity contribution in [2.45, 2.75) is 6.92 Å². The first kappa shape index (κ1) is 19.5. The Hall–Kier alpha value is -1.52. The summed E-state index contributed by atoms with van der Waals surface area (Å²) in [4.78, 5) is 0. The van der Waals surface area contributed by atoms with Crippen molar-refractivity contribution in [2.24, 2.45) is 0 Å². The van der Waals surface area contributed by atoms with Gasteiger partial charge in [0.05, 0.1) is 31.9 Å². The van der Waals surface area contributed by atoms with Crippen molar-refractivity contribution in [1.82, 2.24) is 4.72 Å². The van der Waals surface area contributed by atoms with Crippen LogP contribution in [0.1, 0.15) is 6.92 Å². The van der Waals surface area contributed by atoms with Crippen LogP contribution in [0.4, 0.5) is 5.69 Å². The van der Waals surface area contributed by atoms with E-state index in [0.29, 0.717) is 17.2 Å². The minimum absolute atomic E-state index is 0.0432. The number of rotatable bonds is 9. The largest absolute Gasteiger partial charge is 0.497 e. The van der Waals surface area contributed by atoms with E-state index in [9.17, 15) is 16.8 Å². The summed E-state index contributed by atoms with van der Waals surface area (Å²) in [5, 5.41) is 0. The van der Waals surface area contributed by atoms with Gasteiger partial charge in [-0.05, 0) is 19.1 Å². The summed E-state index contributed by atoms with van der Waals surface area (Å²) in [6.07, 6.45) is 1.05. The van der Waals surface area contributed by atoms with E-state index in [1.165, 1.54) is 21.1 Å². The minimum Gasteiger partial charge on any atom is -0.497 e. The Morgan fingerprint density at radius 1 is 1.13 bits per heavy atom. The van der Waals surface area contributed by atoms with Crippen molar-refractivity contribution in [3.05, 3.63) is 18.2 Å². The van der Waals surface area contributed by atoms with Gasteiger partial charge in [0.2, 0.25) is 20.0 Å². The maximum atomic E-state index is 12.0. The second-order valence-electron chi connectivity index (χ2n) is 4.67. The molecule has 10 heteroatoms. The second-order valence-corrected chi connectivity index (χ2v) is 8.67. The monoisotopic (exact) mass is 366 g/mol. The summed E-state index contributed by atoms with van der Waals surface area (Å²) in [6.45, 7) is 1.41. The van der Waals surface area contributed by atoms with E-state index in [-0.39, 0.29) is 18.8 Å². The molecule has 8 nitrogen and oxygen atoms in total. The summed E-state index contributed by atoms with van der Waals surface area (Å²) in [5.74, 6) is 0.761. The zero-order valence-corrected chi connectivity index (χ0v) is 15.2. The second kappa shape index (κ2) is 7.84. The lowest BCUT2D eigenvalue weighted by Gasteiger charge is -2.24. The van der Waals surface area contributed by atoms with E-state index in [1.807, 2.05) is 0 Å². The number of sulfonamides is 2. The Morgan fingerprint density at radius 2 is 1.78 bits per heavy atom. The third-order valence-electron chi connectivity index (χ3n) is 3.07. The molecule has 0 atom stereocenters. The summed E-state index contributed by atoms with van der Waals surface area (Å²) in [7, 11) is -4.11. The summed E-state index contributed by atoms with van der Waals surface area (Å²) in [5.41, 5.74) is 0.312. The first-order chi connectivity index (χ1) is 10.6. The van der Waals surface area contributed by atoms with Crippen LogP contribution in [-0.4, -0.2) is 56.2 Å². The first-order valence-electron chi connectivity index (χ1n) is 6.81. The Labute approximate surface area is 137 Å². The number of nitrogens with one attached hydrogen (secondary N) is 1. The van der Waals surface area contributed by atoms with Gasteiger partial charge >= 0.3 is 0 Å². The highest BCUT2D eigenvalue weighted by Gasteiger charge is 2.22. The molecule has 0 fully saturated rings. The first-order valence-corrected chi connectivity index (χ1v) is 10.3. The molecule has 1 rings (SSSR count). The van der Waals surface area contributed by atoms with E-state index in [0.717, 1.165) is 10.6 Å². The molecule has 0 radical (unpaired) electrons. The highest BCUT2D eigenvalue weighted by atomic mass is 32.2. The van der Waals surface area contributed by atoms with Gasteiger partial charge in [0.1, 0.15) is 11.5 Å². The lowest BCUT2D eigenvalue weighted by atomic mass is 10.2. The van der Waals surface area contributed by atoms with E-state index in [1.54, 1.807) is 18.2 Å². The average molecular weight is 366 g/mol. The number of anilines is 1. The van der Waals surface area contributed by atoms with Crippen LogP contribution in [0.25, 0.3) is 0 Å². The Bertz CT molecular complexity index is 731. The molecule has 0 spiro atoms. The number of nitrogens with zero attached hydrogens (tertiary/aromatic N) is 1. The fourth-order valence-electron chi connectivity index (χ4n) is 1.86. The maximum Gasteiger partial charge on any atom is 0.232 e. The van der Waals surface area contributed by atoms with E-state index in [4.69, 9.17) is 9.47 Å². The Kier molecular flexibility index (Phi) is 6.66. The molecular weight excluding hydrogens is 344 g/mol. The van der Waals surface area contributed by atoms with Crippen molar-refractivity contribution in [3.8, 4) is 11.5 Å². The van der Waals surface area contributed by atoms with Gasteiger partial charge in [0.15, 0.2) is 0 Å². The van der Waals surface area contributed by atoms with Gasteiger partial charge in [-0.1, -0.05) is 0 Å². The Balaban J connectivity index is 3.09. The van der Waals surface area contributed by atoms with Crippen LogP contribution in [0.3, 0.4) is 0 Å². The van der Waals surface area contributed by atoms with Crippen molar-refractivity contribution in [3.63, 3.8) is 0 Å². The van der Waals surface area contributed by atoms with Gasteiger partial charge < -0.3 is 9.47 Å². The number of hydrogen-bond acceptors (Lipinski definition) is 6. The van der Waals surface area contributed by atoms with E-state index in [2.05, 4.69) is 4.72 Å². The van der Waals surface area contributed by atoms with Gasteiger partial charge in [-0.25, -0.2) is 21.6 Å². The molecule has 0 saturated heterocycles. The van der Waals surface area contributed by atoms with Crippen molar-refractivity contribution in [1.29, 1.82) is 0 Å². The van der Waals surface area contributed by atoms with Crippen LogP contribution < -0.4 is 18.5 Å². The fraction of sp³-hybridized carbons (Fsp3) is 0.538. The molecule has 0 aliphatic rings. The fourth-order valence-corrected chi connectivity index (χ4v) is 3.40. The summed E-state index contributed by atoms with van der Waals surface area (Å²) < 4.78 is 60.7. The number of hydrogen-bond donors (Lipinski definition) is 1. The molecule has 0 amide bonds. The standard InChI is InChI=1S/C13H22N2O6S2/c1-5-23(18,19)14-8-9-15(22(4,16)17)12-7-6-11(20-2)10-13(12)21-3/h6-7,10,14H,5,8-9H2,1-4H3.